The zero-order valence-electron chi connectivity index (χ0n) is 11.1. The van der Waals surface area contributed by atoms with E-state index in [1.165, 1.54) is 0 Å². The number of nitrogens with one attached hydrogen (secondary N) is 2. The molecule has 0 aliphatic heterocycles. The zero-order chi connectivity index (χ0) is 11.1. The second-order valence-electron chi connectivity index (χ2n) is 2.70. The Morgan fingerprint density at radius 3 is 1.31 bits per heavy atom. The van der Waals surface area contributed by atoms with Gasteiger partial charge in [-0.2, -0.15) is 0 Å². The van der Waals surface area contributed by atoms with Gasteiger partial charge in [-0.05, 0) is 40.0 Å². The molecular weight excluding hydrogens is 258 g/mol. The van der Waals surface area contributed by atoms with Crippen molar-refractivity contribution >= 4 is 19.5 Å². The molecule has 16 heavy (non-hydrogen) atoms. The first-order valence-electron chi connectivity index (χ1n) is 4.82. The fourth-order valence-electron chi connectivity index (χ4n) is 0.675. The molecule has 4 radical (unpaired) electrons. The van der Waals surface area contributed by atoms with Gasteiger partial charge in [0.25, 0.3) is 0 Å². The van der Waals surface area contributed by atoms with E-state index in [2.05, 4.69) is 10.6 Å². The Morgan fingerprint density at radius 2 is 1.12 bits per heavy atom. The van der Waals surface area contributed by atoms with Crippen LogP contribution in [0.25, 0.3) is 0 Å². The Labute approximate surface area is 149 Å². The van der Waals surface area contributed by atoms with E-state index in [9.17, 15) is 9.59 Å². The molecule has 0 saturated carbocycles. The third-order valence-electron chi connectivity index (χ3n) is 1.41. The summed E-state index contributed by atoms with van der Waals surface area (Å²) in [6.07, 6.45) is 2.05. The standard InChI is InChI=1S/2C4H10NOSi.2Na/c2*1-5-3-2-4-7-6;;/h2*5H,2-4H2,1H3;;/q2*-1;2*+1. The maximum atomic E-state index is 9.80. The van der Waals surface area contributed by atoms with Crippen LogP contribution in [-0.4, -0.2) is 46.7 Å². The number of rotatable bonds is 8. The molecule has 0 fully saturated rings. The quantitative estimate of drug-likeness (QED) is 0.342. The van der Waals surface area contributed by atoms with Crippen LogP contribution in [0.15, 0.2) is 0 Å². The molecule has 0 aromatic heterocycles. The van der Waals surface area contributed by atoms with Gasteiger partial charge in [0.2, 0.25) is 0 Å². The summed E-state index contributed by atoms with van der Waals surface area (Å²) < 4.78 is 0. The summed E-state index contributed by atoms with van der Waals surface area (Å²) in [4.78, 5) is 19.6. The number of hydrogen-bond donors (Lipinski definition) is 2. The van der Waals surface area contributed by atoms with Crippen LogP contribution in [0, 0.1) is 0 Å². The molecule has 0 aliphatic carbocycles. The third-order valence-corrected chi connectivity index (χ3v) is 2.53. The second kappa shape index (κ2) is 30.4. The van der Waals surface area contributed by atoms with E-state index < -0.39 is 0 Å². The van der Waals surface area contributed by atoms with Crippen molar-refractivity contribution in [1.29, 1.82) is 0 Å². The Morgan fingerprint density at radius 1 is 0.812 bits per heavy atom. The van der Waals surface area contributed by atoms with Crippen LogP contribution >= 0.6 is 0 Å². The van der Waals surface area contributed by atoms with Gasteiger partial charge in [-0.1, -0.05) is 31.6 Å². The van der Waals surface area contributed by atoms with E-state index in [1.54, 1.807) is 0 Å². The Hall–Kier alpha value is 2.27. The predicted octanol–water partition coefficient (Wildman–Crippen LogP) is -8.00. The van der Waals surface area contributed by atoms with Crippen LogP contribution in [0.5, 0.6) is 0 Å². The van der Waals surface area contributed by atoms with Gasteiger partial charge >= 0.3 is 59.1 Å². The van der Waals surface area contributed by atoms with Crippen LogP contribution in [0.4, 0.5) is 0 Å². The molecule has 0 spiro atoms. The summed E-state index contributed by atoms with van der Waals surface area (Å²) in [6, 6.07) is 1.67. The monoisotopic (exact) mass is 278 g/mol. The minimum Gasteiger partial charge on any atom is -0.863 e. The van der Waals surface area contributed by atoms with Crippen LogP contribution in [0.1, 0.15) is 12.8 Å². The van der Waals surface area contributed by atoms with Gasteiger partial charge in [0.1, 0.15) is 0 Å². The van der Waals surface area contributed by atoms with Crippen molar-refractivity contribution in [3.8, 4) is 0 Å². The van der Waals surface area contributed by atoms with Gasteiger partial charge < -0.3 is 20.2 Å². The maximum absolute atomic E-state index is 9.80. The van der Waals surface area contributed by atoms with Gasteiger partial charge in [-0.3, -0.25) is 0 Å². The van der Waals surface area contributed by atoms with Crippen LogP contribution in [0.2, 0.25) is 12.1 Å². The molecular formula is C8H20N2Na2O2Si2. The molecule has 0 bridgehead atoms. The van der Waals surface area contributed by atoms with Crippen molar-refractivity contribution in [3.63, 3.8) is 0 Å². The molecule has 0 rings (SSSR count). The van der Waals surface area contributed by atoms with E-state index in [0.717, 1.165) is 38.0 Å². The van der Waals surface area contributed by atoms with Crippen molar-refractivity contribution < 1.29 is 68.7 Å². The van der Waals surface area contributed by atoms with E-state index in [4.69, 9.17) is 0 Å². The van der Waals surface area contributed by atoms with Crippen molar-refractivity contribution in [2.75, 3.05) is 27.2 Å². The fourth-order valence-corrected chi connectivity index (χ4v) is 1.32. The van der Waals surface area contributed by atoms with E-state index >= 15 is 0 Å². The smallest absolute Gasteiger partial charge is 0.863 e. The van der Waals surface area contributed by atoms with Gasteiger partial charge in [-0.25, -0.2) is 0 Å². The topological polar surface area (TPSA) is 70.2 Å². The summed E-state index contributed by atoms with van der Waals surface area (Å²) in [6.45, 7) is 1.96. The van der Waals surface area contributed by atoms with E-state index in [1.807, 2.05) is 14.1 Å². The minimum atomic E-state index is -0.122. The van der Waals surface area contributed by atoms with Crippen molar-refractivity contribution in [2.45, 2.75) is 24.9 Å². The third kappa shape index (κ3) is 36.0. The van der Waals surface area contributed by atoms with Crippen molar-refractivity contribution in [2.24, 2.45) is 0 Å². The summed E-state index contributed by atoms with van der Waals surface area (Å²) >= 11 is 0. The maximum Gasteiger partial charge on any atom is 1.00 e. The normalized spacial score (nSPS) is 8.25. The van der Waals surface area contributed by atoms with Crippen LogP contribution < -0.4 is 79.3 Å². The van der Waals surface area contributed by atoms with Gasteiger partial charge in [-0.15, -0.1) is 0 Å². The molecule has 0 amide bonds. The first-order valence-corrected chi connectivity index (χ1v) is 7.05. The van der Waals surface area contributed by atoms with Crippen molar-refractivity contribution in [3.05, 3.63) is 0 Å². The van der Waals surface area contributed by atoms with Gasteiger partial charge in [0.05, 0.1) is 0 Å². The molecule has 0 saturated heterocycles. The predicted molar refractivity (Wildman–Crippen MR) is 58.2 cm³/mol. The van der Waals surface area contributed by atoms with Crippen molar-refractivity contribution in [1.82, 2.24) is 10.6 Å². The Kier molecular flexibility index (Phi) is 50.8. The fraction of sp³-hybridized carbons (Fsp3) is 1.00. The summed E-state index contributed by atoms with van der Waals surface area (Å²) in [5.74, 6) is 0. The van der Waals surface area contributed by atoms with Crippen LogP contribution in [-0.2, 0) is 0 Å². The Balaban J connectivity index is -0.0000000800. The van der Waals surface area contributed by atoms with Crippen LogP contribution in [0.3, 0.4) is 0 Å². The van der Waals surface area contributed by atoms with Gasteiger partial charge in [0, 0.05) is 0 Å². The average Bonchev–Trinajstić information content (AvgIpc) is 2.21. The van der Waals surface area contributed by atoms with E-state index in [-0.39, 0.29) is 78.6 Å². The molecule has 84 valence electrons. The summed E-state index contributed by atoms with van der Waals surface area (Å²) in [5, 5.41) is 5.94. The Bertz CT molecular complexity index is 80.4. The molecule has 8 heteroatoms. The molecule has 0 aliphatic rings. The second-order valence-corrected chi connectivity index (χ2v) is 4.28. The molecule has 0 heterocycles. The largest absolute Gasteiger partial charge is 1.00 e. The molecule has 0 unspecified atom stereocenters. The van der Waals surface area contributed by atoms with Gasteiger partial charge in [0.15, 0.2) is 0 Å². The SMILES string of the molecule is CNCCC[Si][O-].CNCCC[Si][O-].[Na+].[Na+]. The molecule has 2 N–H and O–H groups in total. The zero-order valence-corrected chi connectivity index (χ0v) is 17.1. The summed E-state index contributed by atoms with van der Waals surface area (Å²) in [5.41, 5.74) is 0. The first kappa shape index (κ1) is 26.8. The molecule has 0 aromatic rings. The molecule has 4 nitrogen and oxygen atoms in total. The molecule has 0 atom stereocenters. The average molecular weight is 278 g/mol. The molecule has 0 aromatic carbocycles. The minimum absolute atomic E-state index is 0. The van der Waals surface area contributed by atoms with E-state index in [0.29, 0.717) is 0 Å². The summed E-state index contributed by atoms with van der Waals surface area (Å²) in [7, 11) is 3.55. The first-order chi connectivity index (χ1) is 6.83. The number of hydrogen-bond acceptors (Lipinski definition) is 4.